The average molecular weight is 647 g/mol. The predicted molar refractivity (Wildman–Crippen MR) is 163 cm³/mol. The molecule has 0 saturated heterocycles. The Balaban J connectivity index is 1.18. The van der Waals surface area contributed by atoms with Crippen molar-refractivity contribution >= 4 is 52.6 Å². The SMILES string of the molecule is COc1cc2c(Nc3ncc(CC(=O)Nc4cccc(F)c4)s3)ncnc2cc1OCCCN(CCOP(=O)(O)O)C1CC1. The number of ether oxygens (including phenoxy) is 2. The van der Waals surface area contributed by atoms with Crippen molar-refractivity contribution in [3.05, 3.63) is 59.6 Å². The number of carbonyl (C=O) groups is 1. The van der Waals surface area contributed by atoms with Crippen LogP contribution in [0.3, 0.4) is 0 Å². The van der Waals surface area contributed by atoms with Crippen molar-refractivity contribution in [2.75, 3.05) is 44.0 Å². The van der Waals surface area contributed by atoms with E-state index in [0.29, 0.717) is 76.1 Å². The molecule has 234 valence electrons. The van der Waals surface area contributed by atoms with Gasteiger partial charge in [-0.05, 0) is 43.5 Å². The second kappa shape index (κ2) is 14.4. The first-order chi connectivity index (χ1) is 21.2. The summed E-state index contributed by atoms with van der Waals surface area (Å²) in [4.78, 5) is 46.2. The van der Waals surface area contributed by atoms with E-state index in [9.17, 15) is 13.8 Å². The molecule has 2 heterocycles. The number of nitrogens with one attached hydrogen (secondary N) is 2. The molecule has 4 aromatic rings. The first kappa shape index (κ1) is 31.7. The zero-order valence-corrected chi connectivity index (χ0v) is 25.5. The summed E-state index contributed by atoms with van der Waals surface area (Å²) in [6, 6.07) is 9.66. The number of anilines is 3. The van der Waals surface area contributed by atoms with E-state index in [-0.39, 0.29) is 18.9 Å². The van der Waals surface area contributed by atoms with Crippen molar-refractivity contribution < 1.29 is 37.5 Å². The van der Waals surface area contributed by atoms with Crippen LogP contribution in [-0.4, -0.2) is 75.0 Å². The number of hydrogen-bond donors (Lipinski definition) is 4. The lowest BCUT2D eigenvalue weighted by atomic mass is 10.2. The quantitative estimate of drug-likeness (QED) is 0.0995. The Morgan fingerprint density at radius 2 is 1.98 bits per heavy atom. The number of methoxy groups -OCH3 is 1. The first-order valence-electron chi connectivity index (χ1n) is 13.8. The molecule has 1 aliphatic rings. The van der Waals surface area contributed by atoms with Crippen molar-refractivity contribution in [3.8, 4) is 11.5 Å². The predicted octanol–water partition coefficient (Wildman–Crippen LogP) is 4.50. The summed E-state index contributed by atoms with van der Waals surface area (Å²) in [6.07, 6.45) is 5.91. The minimum Gasteiger partial charge on any atom is -0.493 e. The van der Waals surface area contributed by atoms with Crippen LogP contribution >= 0.6 is 19.2 Å². The zero-order valence-electron chi connectivity index (χ0n) is 23.8. The van der Waals surface area contributed by atoms with E-state index in [4.69, 9.17) is 19.3 Å². The summed E-state index contributed by atoms with van der Waals surface area (Å²) in [5, 5.41) is 7.08. The fourth-order valence-electron chi connectivity index (χ4n) is 4.56. The van der Waals surface area contributed by atoms with E-state index >= 15 is 0 Å². The van der Waals surface area contributed by atoms with Gasteiger partial charge < -0.3 is 29.9 Å². The van der Waals surface area contributed by atoms with Crippen LogP contribution in [0, 0.1) is 5.82 Å². The number of carbonyl (C=O) groups excluding carboxylic acids is 1. The Kier molecular flexibility index (Phi) is 10.4. The summed E-state index contributed by atoms with van der Waals surface area (Å²) in [6.45, 7) is 1.49. The number of aromatic nitrogens is 3. The maximum absolute atomic E-state index is 13.4. The van der Waals surface area contributed by atoms with Gasteiger partial charge in [-0.25, -0.2) is 23.9 Å². The van der Waals surface area contributed by atoms with Gasteiger partial charge in [0, 0.05) is 47.3 Å². The summed E-state index contributed by atoms with van der Waals surface area (Å²) < 4.78 is 40.6. The van der Waals surface area contributed by atoms with Crippen molar-refractivity contribution in [2.45, 2.75) is 31.7 Å². The van der Waals surface area contributed by atoms with Gasteiger partial charge in [-0.3, -0.25) is 14.2 Å². The maximum atomic E-state index is 13.4. The molecule has 44 heavy (non-hydrogen) atoms. The number of phosphoric acid groups is 1. The van der Waals surface area contributed by atoms with Gasteiger partial charge in [0.15, 0.2) is 16.6 Å². The monoisotopic (exact) mass is 646 g/mol. The molecule has 16 heteroatoms. The van der Waals surface area contributed by atoms with E-state index < -0.39 is 13.6 Å². The molecule has 0 atom stereocenters. The fourth-order valence-corrected chi connectivity index (χ4v) is 5.69. The lowest BCUT2D eigenvalue weighted by Crippen LogP contribution is -2.31. The Morgan fingerprint density at radius 3 is 2.73 bits per heavy atom. The molecular formula is C28H32FN6O7PS. The van der Waals surface area contributed by atoms with Crippen LogP contribution in [0.4, 0.5) is 21.0 Å². The van der Waals surface area contributed by atoms with E-state index in [1.807, 2.05) is 0 Å². The molecule has 0 spiro atoms. The molecule has 1 fully saturated rings. The van der Waals surface area contributed by atoms with Gasteiger partial charge in [0.1, 0.15) is 18.0 Å². The molecule has 4 N–H and O–H groups in total. The first-order valence-corrected chi connectivity index (χ1v) is 16.2. The zero-order chi connectivity index (χ0) is 31.1. The van der Waals surface area contributed by atoms with Gasteiger partial charge in [0.05, 0.1) is 32.3 Å². The molecule has 0 aliphatic heterocycles. The number of thiazole rings is 1. The topological polar surface area (TPSA) is 168 Å². The van der Waals surface area contributed by atoms with E-state index in [0.717, 1.165) is 12.8 Å². The second-order valence-corrected chi connectivity index (χ2v) is 12.4. The minimum absolute atomic E-state index is 0.0373. The van der Waals surface area contributed by atoms with E-state index in [2.05, 4.69) is 35.0 Å². The van der Waals surface area contributed by atoms with Gasteiger partial charge in [-0.15, -0.1) is 11.3 Å². The molecular weight excluding hydrogens is 614 g/mol. The summed E-state index contributed by atoms with van der Waals surface area (Å²) in [7, 11) is -2.94. The number of amides is 1. The molecule has 0 bridgehead atoms. The van der Waals surface area contributed by atoms with Gasteiger partial charge >= 0.3 is 7.82 Å². The smallest absolute Gasteiger partial charge is 0.469 e. The molecule has 1 amide bonds. The molecule has 2 aromatic carbocycles. The number of nitrogens with zero attached hydrogens (tertiary/aromatic N) is 4. The van der Waals surface area contributed by atoms with Gasteiger partial charge in [-0.2, -0.15) is 0 Å². The van der Waals surface area contributed by atoms with Crippen LogP contribution in [0.1, 0.15) is 24.1 Å². The summed E-state index contributed by atoms with van der Waals surface area (Å²) in [5.74, 6) is 0.806. The Hall–Kier alpha value is -3.72. The molecule has 0 radical (unpaired) electrons. The molecule has 0 unspecified atom stereocenters. The maximum Gasteiger partial charge on any atom is 0.469 e. The normalized spacial score (nSPS) is 13.3. The highest BCUT2D eigenvalue weighted by Gasteiger charge is 2.29. The highest BCUT2D eigenvalue weighted by Crippen LogP contribution is 2.37. The van der Waals surface area contributed by atoms with E-state index in [1.54, 1.807) is 31.5 Å². The van der Waals surface area contributed by atoms with Crippen LogP contribution in [0.2, 0.25) is 0 Å². The summed E-state index contributed by atoms with van der Waals surface area (Å²) in [5.41, 5.74) is 1.01. The molecule has 1 saturated carbocycles. The van der Waals surface area contributed by atoms with Crippen LogP contribution < -0.4 is 20.1 Å². The van der Waals surface area contributed by atoms with Crippen LogP contribution in [0.5, 0.6) is 11.5 Å². The van der Waals surface area contributed by atoms with Crippen LogP contribution in [0.15, 0.2) is 48.9 Å². The Morgan fingerprint density at radius 1 is 1.14 bits per heavy atom. The van der Waals surface area contributed by atoms with Gasteiger partial charge in [0.25, 0.3) is 0 Å². The fraction of sp³-hybridized carbons (Fsp3) is 0.357. The lowest BCUT2D eigenvalue weighted by molar-refractivity contribution is -0.115. The highest BCUT2D eigenvalue weighted by atomic mass is 32.1. The standard InChI is InChI=1S/C28H32FN6O7PS/c1-40-24-14-22-23(15-25(24)41-10-3-8-35(20-6-7-20)9-11-42-43(37,38)39)31-17-32-27(22)34-28-30-16-21(44-28)13-26(36)33-19-5-2-4-18(29)12-19/h2,4-5,12,14-17,20H,3,6-11,13H2,1H3,(H,33,36)(H2,37,38,39)(H,30,31,32,34). The van der Waals surface area contributed by atoms with Gasteiger partial charge in [0.2, 0.25) is 5.91 Å². The van der Waals surface area contributed by atoms with Crippen molar-refractivity contribution in [1.82, 2.24) is 19.9 Å². The highest BCUT2D eigenvalue weighted by molar-refractivity contribution is 7.46. The largest absolute Gasteiger partial charge is 0.493 e. The average Bonchev–Trinajstić information content (AvgIpc) is 3.73. The molecule has 13 nitrogen and oxygen atoms in total. The number of halogens is 1. The van der Waals surface area contributed by atoms with Crippen molar-refractivity contribution in [3.63, 3.8) is 0 Å². The van der Waals surface area contributed by atoms with Crippen LogP contribution in [0.25, 0.3) is 10.9 Å². The molecule has 5 rings (SSSR count). The van der Waals surface area contributed by atoms with Gasteiger partial charge in [-0.1, -0.05) is 6.07 Å². The Labute approximate surface area is 256 Å². The number of phosphoric ester groups is 1. The third-order valence-electron chi connectivity index (χ3n) is 6.69. The summed E-state index contributed by atoms with van der Waals surface area (Å²) >= 11 is 1.30. The van der Waals surface area contributed by atoms with E-state index in [1.165, 1.54) is 35.9 Å². The molecule has 2 aromatic heterocycles. The number of fused-ring (bicyclic) bond motifs is 1. The third kappa shape index (κ3) is 9.14. The molecule has 1 aliphatic carbocycles. The Bertz CT molecular complexity index is 1650. The number of benzene rings is 2. The minimum atomic E-state index is -4.48. The number of rotatable bonds is 16. The van der Waals surface area contributed by atoms with Crippen molar-refractivity contribution in [1.29, 1.82) is 0 Å². The lowest BCUT2D eigenvalue weighted by Gasteiger charge is -2.22. The van der Waals surface area contributed by atoms with Crippen LogP contribution in [-0.2, 0) is 20.3 Å². The third-order valence-corrected chi connectivity index (χ3v) is 8.12. The van der Waals surface area contributed by atoms with Crippen molar-refractivity contribution in [2.24, 2.45) is 0 Å². The number of hydrogen-bond acceptors (Lipinski definition) is 11. The second-order valence-electron chi connectivity index (χ2n) is 10.0.